The summed E-state index contributed by atoms with van der Waals surface area (Å²) in [4.78, 5) is 9.87. The van der Waals surface area contributed by atoms with Gasteiger partial charge in [0.25, 0.3) is 0 Å². The van der Waals surface area contributed by atoms with Gasteiger partial charge >= 0.3 is 0 Å². The first kappa shape index (κ1) is 12.8. The van der Waals surface area contributed by atoms with E-state index in [1.165, 1.54) is 12.8 Å². The normalized spacial score (nSPS) is 11.8. The van der Waals surface area contributed by atoms with Gasteiger partial charge in [0.1, 0.15) is 6.29 Å². The average molecular weight is 158 g/mol. The molecule has 0 fully saturated rings. The van der Waals surface area contributed by atoms with E-state index in [0.717, 1.165) is 25.0 Å². The molecule has 60 valence electrons. The van der Waals surface area contributed by atoms with E-state index in [1.54, 1.807) is 0 Å². The third kappa shape index (κ3) is 8.20. The largest absolute Gasteiger partial charge is 0.303 e. The van der Waals surface area contributed by atoms with Crippen molar-refractivity contribution in [3.8, 4) is 0 Å². The van der Waals surface area contributed by atoms with Gasteiger partial charge in [-0.2, -0.15) is 0 Å². The molecule has 0 bridgehead atoms. The van der Waals surface area contributed by atoms with Crippen molar-refractivity contribution in [1.82, 2.24) is 0 Å². The van der Waals surface area contributed by atoms with Gasteiger partial charge in [0.05, 0.1) is 0 Å². The Kier molecular flexibility index (Phi) is 11.8. The summed E-state index contributed by atoms with van der Waals surface area (Å²) in [6.45, 7) is 4.41. The van der Waals surface area contributed by atoms with Crippen molar-refractivity contribution in [2.24, 2.45) is 5.92 Å². The Morgan fingerprint density at radius 2 is 2.10 bits per heavy atom. The highest BCUT2D eigenvalue weighted by Gasteiger charge is 1.96. The Bertz CT molecular complexity index is 73.7. The van der Waals surface area contributed by atoms with E-state index < -0.39 is 0 Å². The van der Waals surface area contributed by atoms with E-state index in [-0.39, 0.29) is 17.4 Å². The van der Waals surface area contributed by atoms with Crippen LogP contribution >= 0.6 is 0 Å². The molecule has 0 spiro atoms. The summed E-state index contributed by atoms with van der Waals surface area (Å²) in [7, 11) is 0. The Balaban J connectivity index is 0. The second-order valence-electron chi connectivity index (χ2n) is 2.61. The first-order valence-corrected chi connectivity index (χ1v) is 3.74. The van der Waals surface area contributed by atoms with Gasteiger partial charge in [-0.3, -0.25) is 0 Å². The average Bonchev–Trinajstić information content (AvgIpc) is 1.89. The zero-order valence-electron chi connectivity index (χ0n) is 6.39. The van der Waals surface area contributed by atoms with Crippen LogP contribution in [0.4, 0.5) is 0 Å². The molecule has 0 rings (SSSR count). The van der Waals surface area contributed by atoms with E-state index in [9.17, 15) is 4.79 Å². The molecule has 1 nitrogen and oxygen atoms in total. The minimum Gasteiger partial charge on any atom is -0.303 e. The highest BCUT2D eigenvalue weighted by molar-refractivity contribution is 5.75. The molecule has 0 saturated heterocycles. The first-order chi connectivity index (χ1) is 4.31. The zero-order chi connectivity index (χ0) is 7.11. The van der Waals surface area contributed by atoms with Crippen LogP contribution in [0.1, 0.15) is 39.5 Å². The maximum atomic E-state index is 9.87. The summed E-state index contributed by atoms with van der Waals surface area (Å²) < 4.78 is 0. The number of carbonyl (C=O) groups excluding carboxylic acids is 1. The van der Waals surface area contributed by atoms with Crippen molar-refractivity contribution in [3.63, 3.8) is 0 Å². The maximum absolute atomic E-state index is 9.87. The standard InChI is InChI=1S/C8H16O.Al.3H/c1-3-8(2)6-4-5-7-9;;;;/h7-8H,3-6H2,1-2H3;;;;. The van der Waals surface area contributed by atoms with Crippen molar-refractivity contribution in [3.05, 3.63) is 0 Å². The molecule has 1 atom stereocenters. The predicted molar refractivity (Wildman–Crippen MR) is 49.3 cm³/mol. The number of carbonyl (C=O) groups is 1. The van der Waals surface area contributed by atoms with Gasteiger partial charge in [-0.25, -0.2) is 0 Å². The molecule has 10 heavy (non-hydrogen) atoms. The minimum atomic E-state index is 0. The lowest BCUT2D eigenvalue weighted by Gasteiger charge is -2.04. The fourth-order valence-electron chi connectivity index (χ4n) is 0.754. The molecule has 1 unspecified atom stereocenters. The SMILES string of the molecule is CCC(C)CCCC=O.[AlH3]. The van der Waals surface area contributed by atoms with Gasteiger partial charge in [-0.15, -0.1) is 0 Å². The van der Waals surface area contributed by atoms with E-state index in [2.05, 4.69) is 13.8 Å². The third-order valence-electron chi connectivity index (χ3n) is 1.72. The molecule has 0 radical (unpaired) electrons. The van der Waals surface area contributed by atoms with Gasteiger partial charge in [-0.1, -0.05) is 26.7 Å². The van der Waals surface area contributed by atoms with Gasteiger partial charge < -0.3 is 4.79 Å². The maximum Gasteiger partial charge on any atom is 0.187 e. The summed E-state index contributed by atoms with van der Waals surface area (Å²) >= 11 is 0. The second-order valence-corrected chi connectivity index (χ2v) is 2.61. The summed E-state index contributed by atoms with van der Waals surface area (Å²) in [6.07, 6.45) is 5.25. The number of rotatable bonds is 5. The quantitative estimate of drug-likeness (QED) is 0.334. The monoisotopic (exact) mass is 158 g/mol. The summed E-state index contributed by atoms with van der Waals surface area (Å²) in [5.41, 5.74) is 0. The summed E-state index contributed by atoms with van der Waals surface area (Å²) in [5.74, 6) is 0.796. The highest BCUT2D eigenvalue weighted by atomic mass is 27.0. The van der Waals surface area contributed by atoms with Crippen LogP contribution in [0.15, 0.2) is 0 Å². The Morgan fingerprint density at radius 1 is 1.50 bits per heavy atom. The number of unbranched alkanes of at least 4 members (excludes halogenated alkanes) is 1. The molecule has 0 aliphatic heterocycles. The van der Waals surface area contributed by atoms with Crippen molar-refractivity contribution < 1.29 is 4.79 Å². The van der Waals surface area contributed by atoms with Crippen LogP contribution in [-0.2, 0) is 4.79 Å². The predicted octanol–water partition coefficient (Wildman–Crippen LogP) is 1.22. The van der Waals surface area contributed by atoms with Crippen LogP contribution in [0, 0.1) is 5.92 Å². The molecule has 0 heterocycles. The first-order valence-electron chi connectivity index (χ1n) is 3.74. The van der Waals surface area contributed by atoms with E-state index >= 15 is 0 Å². The van der Waals surface area contributed by atoms with Gasteiger partial charge in [0.15, 0.2) is 17.4 Å². The fraction of sp³-hybridized carbons (Fsp3) is 0.875. The molecule has 0 aliphatic carbocycles. The highest BCUT2D eigenvalue weighted by Crippen LogP contribution is 2.09. The Hall–Kier alpha value is 0.202. The summed E-state index contributed by atoms with van der Waals surface area (Å²) in [6, 6.07) is 0. The van der Waals surface area contributed by atoms with Crippen LogP contribution in [0.3, 0.4) is 0 Å². The molecule has 0 aromatic heterocycles. The van der Waals surface area contributed by atoms with Crippen LogP contribution in [0.25, 0.3) is 0 Å². The molecule has 0 aliphatic rings. The van der Waals surface area contributed by atoms with Gasteiger partial charge in [0.2, 0.25) is 0 Å². The van der Waals surface area contributed by atoms with Crippen LogP contribution < -0.4 is 0 Å². The van der Waals surface area contributed by atoms with E-state index in [4.69, 9.17) is 0 Å². The van der Waals surface area contributed by atoms with Crippen molar-refractivity contribution in [2.75, 3.05) is 0 Å². The van der Waals surface area contributed by atoms with Gasteiger partial charge in [-0.05, 0) is 12.3 Å². The lowest BCUT2D eigenvalue weighted by molar-refractivity contribution is -0.107. The van der Waals surface area contributed by atoms with Gasteiger partial charge in [0, 0.05) is 6.42 Å². The molecule has 0 saturated carbocycles. The van der Waals surface area contributed by atoms with Crippen molar-refractivity contribution >= 4 is 23.6 Å². The molecular formula is C8H19AlO. The molecule has 0 amide bonds. The van der Waals surface area contributed by atoms with E-state index in [1.807, 2.05) is 0 Å². The lowest BCUT2D eigenvalue weighted by atomic mass is 10.0. The van der Waals surface area contributed by atoms with Crippen molar-refractivity contribution in [2.45, 2.75) is 39.5 Å². The third-order valence-corrected chi connectivity index (χ3v) is 1.72. The number of aldehydes is 1. The van der Waals surface area contributed by atoms with Crippen molar-refractivity contribution in [1.29, 1.82) is 0 Å². The molecule has 2 heteroatoms. The minimum absolute atomic E-state index is 0. The molecule has 0 aromatic carbocycles. The zero-order valence-corrected chi connectivity index (χ0v) is 6.39. The number of hydrogen-bond acceptors (Lipinski definition) is 1. The molecular weight excluding hydrogens is 139 g/mol. The van der Waals surface area contributed by atoms with Crippen LogP contribution in [0.5, 0.6) is 0 Å². The van der Waals surface area contributed by atoms with Crippen LogP contribution in [0.2, 0.25) is 0 Å². The smallest absolute Gasteiger partial charge is 0.187 e. The second kappa shape index (κ2) is 9.20. The lowest BCUT2D eigenvalue weighted by Crippen LogP contribution is -1.91. The summed E-state index contributed by atoms with van der Waals surface area (Å²) in [5, 5.41) is 0. The Labute approximate surface area is 74.3 Å². The molecule has 0 N–H and O–H groups in total. The molecule has 0 aromatic rings. The number of hydrogen-bond donors (Lipinski definition) is 0. The topological polar surface area (TPSA) is 17.1 Å². The fourth-order valence-corrected chi connectivity index (χ4v) is 0.754. The van der Waals surface area contributed by atoms with E-state index in [0.29, 0.717) is 0 Å². The van der Waals surface area contributed by atoms with Crippen LogP contribution in [-0.4, -0.2) is 23.6 Å². The Morgan fingerprint density at radius 3 is 2.50 bits per heavy atom.